The number of halogens is 1. The molecule has 3 aromatic heterocycles. The molecule has 0 amide bonds. The molecule has 0 aromatic carbocycles. The molecule has 92 valence electrons. The normalized spacial score (nSPS) is 14.8. The van der Waals surface area contributed by atoms with Crippen LogP contribution in [0.2, 0.25) is 0 Å². The van der Waals surface area contributed by atoms with Gasteiger partial charge in [0.2, 0.25) is 0 Å². The van der Waals surface area contributed by atoms with Gasteiger partial charge in [-0.3, -0.25) is 4.98 Å². The molecule has 0 radical (unpaired) electrons. The Morgan fingerprint density at radius 3 is 2.83 bits per heavy atom. The third kappa shape index (κ3) is 2.25. The molecule has 0 N–H and O–H groups in total. The Kier molecular flexibility index (Phi) is 3.50. The van der Waals surface area contributed by atoms with Gasteiger partial charge < -0.3 is 0 Å². The van der Waals surface area contributed by atoms with Crippen molar-refractivity contribution >= 4 is 48.0 Å². The highest BCUT2D eigenvalue weighted by molar-refractivity contribution is 9.09. The summed E-state index contributed by atoms with van der Waals surface area (Å²) in [7, 11) is 0. The van der Waals surface area contributed by atoms with Gasteiger partial charge in [0, 0.05) is 32.1 Å². The lowest BCUT2D eigenvalue weighted by Gasteiger charge is -2.16. The average Bonchev–Trinajstić information content (AvgIpc) is 2.99. The van der Waals surface area contributed by atoms with Gasteiger partial charge in [0.05, 0.1) is 4.83 Å². The van der Waals surface area contributed by atoms with Crippen LogP contribution < -0.4 is 0 Å². The smallest absolute Gasteiger partial charge is 0.0570 e. The van der Waals surface area contributed by atoms with Crippen molar-refractivity contribution in [1.29, 1.82) is 0 Å². The van der Waals surface area contributed by atoms with Gasteiger partial charge in [0.1, 0.15) is 0 Å². The van der Waals surface area contributed by atoms with E-state index in [0.29, 0.717) is 10.7 Å². The van der Waals surface area contributed by atoms with Crippen molar-refractivity contribution in [2.24, 2.45) is 0 Å². The monoisotopic (exact) mass is 337 g/mol. The van der Waals surface area contributed by atoms with Gasteiger partial charge >= 0.3 is 0 Å². The number of thiophene rings is 2. The standard InChI is InChI=1S/C14H12BrNS2/c1-9(10-4-2-3-6-16-10)14(15)13-8-12-11(18-13)5-7-17-12/h2-9,14H,1H3. The van der Waals surface area contributed by atoms with Crippen LogP contribution in [0.15, 0.2) is 41.9 Å². The minimum absolute atomic E-state index is 0.331. The van der Waals surface area contributed by atoms with Crippen molar-refractivity contribution in [3.63, 3.8) is 0 Å². The Balaban J connectivity index is 1.90. The van der Waals surface area contributed by atoms with Crippen molar-refractivity contribution in [1.82, 2.24) is 4.98 Å². The summed E-state index contributed by atoms with van der Waals surface area (Å²) in [4.78, 5) is 6.16. The largest absolute Gasteiger partial charge is 0.261 e. The van der Waals surface area contributed by atoms with Crippen molar-refractivity contribution in [2.45, 2.75) is 17.7 Å². The van der Waals surface area contributed by atoms with E-state index < -0.39 is 0 Å². The molecule has 2 unspecified atom stereocenters. The molecule has 0 saturated heterocycles. The predicted molar refractivity (Wildman–Crippen MR) is 84.0 cm³/mol. The molecule has 0 saturated carbocycles. The number of rotatable bonds is 3. The van der Waals surface area contributed by atoms with Gasteiger partial charge in [-0.15, -0.1) is 22.7 Å². The lowest BCUT2D eigenvalue weighted by atomic mass is 10.0. The molecule has 0 aliphatic carbocycles. The topological polar surface area (TPSA) is 12.9 Å². The highest BCUT2D eigenvalue weighted by Gasteiger charge is 2.21. The first-order chi connectivity index (χ1) is 8.75. The molecule has 1 nitrogen and oxygen atoms in total. The fraction of sp³-hybridized carbons (Fsp3) is 0.214. The first-order valence-corrected chi connectivity index (χ1v) is 8.39. The summed E-state index contributed by atoms with van der Waals surface area (Å²) in [6.45, 7) is 2.22. The summed E-state index contributed by atoms with van der Waals surface area (Å²) in [5, 5.41) is 2.15. The Hall–Kier alpha value is -0.710. The molecule has 3 heterocycles. The number of pyridine rings is 1. The Morgan fingerprint density at radius 1 is 1.22 bits per heavy atom. The summed E-state index contributed by atoms with van der Waals surface area (Å²) in [5.41, 5.74) is 1.14. The number of fused-ring (bicyclic) bond motifs is 1. The maximum atomic E-state index is 4.44. The van der Waals surface area contributed by atoms with Gasteiger partial charge in [-0.2, -0.15) is 0 Å². The molecule has 2 atom stereocenters. The molecular formula is C14H12BrNS2. The van der Waals surface area contributed by atoms with Gasteiger partial charge in [-0.05, 0) is 29.6 Å². The van der Waals surface area contributed by atoms with Gasteiger partial charge in [0.25, 0.3) is 0 Å². The fourth-order valence-corrected chi connectivity index (χ4v) is 4.85. The first kappa shape index (κ1) is 12.3. The van der Waals surface area contributed by atoms with Gasteiger partial charge in [-0.1, -0.05) is 28.9 Å². The van der Waals surface area contributed by atoms with E-state index in [-0.39, 0.29) is 0 Å². The molecule has 0 aliphatic rings. The minimum atomic E-state index is 0.331. The van der Waals surface area contributed by atoms with Crippen molar-refractivity contribution in [2.75, 3.05) is 0 Å². The lowest BCUT2D eigenvalue weighted by Crippen LogP contribution is -2.02. The second-order valence-electron chi connectivity index (χ2n) is 4.24. The quantitative estimate of drug-likeness (QED) is 0.567. The summed E-state index contributed by atoms with van der Waals surface area (Å²) in [6, 6.07) is 10.6. The second kappa shape index (κ2) is 5.11. The SMILES string of the molecule is CC(c1ccccn1)C(Br)c1cc2sccc2s1. The average molecular weight is 338 g/mol. The van der Waals surface area contributed by atoms with E-state index in [2.05, 4.69) is 51.4 Å². The van der Waals surface area contributed by atoms with E-state index in [9.17, 15) is 0 Å². The van der Waals surface area contributed by atoms with Crippen LogP contribution in [0, 0.1) is 0 Å². The van der Waals surface area contributed by atoms with Gasteiger partial charge in [-0.25, -0.2) is 0 Å². The maximum Gasteiger partial charge on any atom is 0.0570 e. The van der Waals surface area contributed by atoms with Crippen LogP contribution >= 0.6 is 38.6 Å². The molecule has 3 rings (SSSR count). The van der Waals surface area contributed by atoms with Crippen LogP contribution in [0.5, 0.6) is 0 Å². The van der Waals surface area contributed by atoms with Gasteiger partial charge in [0.15, 0.2) is 0 Å². The number of aromatic nitrogens is 1. The highest BCUT2D eigenvalue weighted by atomic mass is 79.9. The lowest BCUT2D eigenvalue weighted by molar-refractivity contribution is 0.733. The van der Waals surface area contributed by atoms with Crippen molar-refractivity contribution in [3.05, 3.63) is 52.5 Å². The summed E-state index contributed by atoms with van der Waals surface area (Å²) in [5.74, 6) is 0.374. The molecule has 0 fully saturated rings. The van der Waals surface area contributed by atoms with Crippen molar-refractivity contribution in [3.8, 4) is 0 Å². The number of hydrogen-bond acceptors (Lipinski definition) is 3. The van der Waals surface area contributed by atoms with E-state index >= 15 is 0 Å². The molecule has 0 aliphatic heterocycles. The fourth-order valence-electron chi connectivity index (χ4n) is 1.96. The van der Waals surface area contributed by atoms with E-state index in [0.717, 1.165) is 5.69 Å². The Morgan fingerprint density at radius 2 is 2.11 bits per heavy atom. The Bertz CT molecular complexity index is 615. The van der Waals surface area contributed by atoms with E-state index in [1.807, 2.05) is 41.0 Å². The number of hydrogen-bond donors (Lipinski definition) is 0. The second-order valence-corrected chi connectivity index (χ2v) is 7.29. The van der Waals surface area contributed by atoms with Crippen LogP contribution in [0.1, 0.15) is 28.2 Å². The zero-order valence-electron chi connectivity index (χ0n) is 9.84. The van der Waals surface area contributed by atoms with Crippen LogP contribution in [0.3, 0.4) is 0 Å². The molecule has 18 heavy (non-hydrogen) atoms. The zero-order valence-corrected chi connectivity index (χ0v) is 13.1. The first-order valence-electron chi connectivity index (χ1n) is 5.77. The van der Waals surface area contributed by atoms with Crippen LogP contribution in [0.4, 0.5) is 0 Å². The minimum Gasteiger partial charge on any atom is -0.261 e. The van der Waals surface area contributed by atoms with Crippen molar-refractivity contribution < 1.29 is 0 Å². The summed E-state index contributed by atoms with van der Waals surface area (Å²) < 4.78 is 2.76. The Labute approximate surface area is 123 Å². The predicted octanol–water partition coefficient (Wildman–Crippen LogP) is 5.60. The highest BCUT2D eigenvalue weighted by Crippen LogP contribution is 2.43. The molecule has 3 aromatic rings. The summed E-state index contributed by atoms with van der Waals surface area (Å²) >= 11 is 7.50. The third-order valence-corrected chi connectivity index (χ3v) is 6.79. The van der Waals surface area contributed by atoms with Crippen LogP contribution in [0.25, 0.3) is 9.40 Å². The number of nitrogens with zero attached hydrogens (tertiary/aromatic N) is 1. The van der Waals surface area contributed by atoms with E-state index in [4.69, 9.17) is 0 Å². The maximum absolute atomic E-state index is 4.44. The van der Waals surface area contributed by atoms with Crippen LogP contribution in [-0.2, 0) is 0 Å². The third-order valence-electron chi connectivity index (χ3n) is 3.02. The molecular weight excluding hydrogens is 326 g/mol. The molecule has 0 spiro atoms. The number of alkyl halides is 1. The van der Waals surface area contributed by atoms with E-state index in [1.165, 1.54) is 14.3 Å². The van der Waals surface area contributed by atoms with E-state index in [1.54, 1.807) is 0 Å². The molecule has 0 bridgehead atoms. The molecule has 4 heteroatoms. The van der Waals surface area contributed by atoms with Crippen LogP contribution in [-0.4, -0.2) is 4.98 Å². The zero-order chi connectivity index (χ0) is 12.5. The summed E-state index contributed by atoms with van der Waals surface area (Å²) in [6.07, 6.45) is 1.86.